The lowest BCUT2D eigenvalue weighted by molar-refractivity contribution is -0.120. The van der Waals surface area contributed by atoms with Gasteiger partial charge in [0.25, 0.3) is 5.91 Å². The highest BCUT2D eigenvalue weighted by atomic mass is 79.9. The van der Waals surface area contributed by atoms with Crippen molar-refractivity contribution in [2.75, 3.05) is 0 Å². The van der Waals surface area contributed by atoms with Crippen LogP contribution in [0.2, 0.25) is 0 Å². The van der Waals surface area contributed by atoms with Crippen molar-refractivity contribution in [2.24, 2.45) is 11.7 Å². The first kappa shape index (κ1) is 15.2. The molecule has 19 heavy (non-hydrogen) atoms. The number of nitriles is 1. The predicted octanol–water partition coefficient (Wildman–Crippen LogP) is 1.58. The van der Waals surface area contributed by atoms with Gasteiger partial charge in [0.2, 0.25) is 5.91 Å². The molecule has 0 aliphatic rings. The number of carbonyl (C=O) groups excluding carboxylic acids is 2. The van der Waals surface area contributed by atoms with E-state index in [1.807, 2.05) is 6.07 Å². The van der Waals surface area contributed by atoms with Gasteiger partial charge in [-0.25, -0.2) is 0 Å². The van der Waals surface area contributed by atoms with Crippen molar-refractivity contribution < 1.29 is 9.59 Å². The van der Waals surface area contributed by atoms with Gasteiger partial charge in [-0.15, -0.1) is 0 Å². The van der Waals surface area contributed by atoms with Gasteiger partial charge < -0.3 is 11.1 Å². The van der Waals surface area contributed by atoms with E-state index >= 15 is 0 Å². The van der Waals surface area contributed by atoms with Gasteiger partial charge in [0.05, 0.1) is 6.07 Å². The number of benzene rings is 1. The van der Waals surface area contributed by atoms with E-state index < -0.39 is 17.9 Å². The molecule has 0 saturated carbocycles. The number of nitrogens with two attached hydrogens (primary N) is 1. The fraction of sp³-hybridized carbons (Fsp3) is 0.308. The Hall–Kier alpha value is -1.87. The molecule has 0 radical (unpaired) electrons. The predicted molar refractivity (Wildman–Crippen MR) is 74.0 cm³/mol. The Kier molecular flexibility index (Phi) is 5.52. The van der Waals surface area contributed by atoms with Crippen LogP contribution in [0.1, 0.15) is 23.7 Å². The number of nitrogens with one attached hydrogen (secondary N) is 1. The van der Waals surface area contributed by atoms with Crippen LogP contribution in [0.15, 0.2) is 28.7 Å². The van der Waals surface area contributed by atoms with Crippen LogP contribution in [0.5, 0.6) is 0 Å². The van der Waals surface area contributed by atoms with Gasteiger partial charge in [-0.2, -0.15) is 5.26 Å². The molecule has 0 heterocycles. The summed E-state index contributed by atoms with van der Waals surface area (Å²) in [4.78, 5) is 23.2. The average Bonchev–Trinajstić information content (AvgIpc) is 2.37. The van der Waals surface area contributed by atoms with E-state index in [1.54, 1.807) is 31.2 Å². The van der Waals surface area contributed by atoms with E-state index in [-0.39, 0.29) is 12.3 Å². The smallest absolute Gasteiger partial charge is 0.251 e. The van der Waals surface area contributed by atoms with E-state index in [1.165, 1.54) is 0 Å². The molecule has 5 nitrogen and oxygen atoms in total. The Morgan fingerprint density at radius 2 is 2.21 bits per heavy atom. The normalized spacial score (nSPS) is 13.1. The van der Waals surface area contributed by atoms with Gasteiger partial charge in [-0.1, -0.05) is 22.0 Å². The van der Waals surface area contributed by atoms with Crippen LogP contribution in [0.3, 0.4) is 0 Å². The van der Waals surface area contributed by atoms with Crippen LogP contribution in [-0.4, -0.2) is 17.9 Å². The van der Waals surface area contributed by atoms with Crippen LogP contribution in [0.25, 0.3) is 0 Å². The minimum atomic E-state index is -0.846. The highest BCUT2D eigenvalue weighted by Gasteiger charge is 2.21. The standard InChI is InChI=1S/C13H14BrN3O2/c1-8(7-15)5-11(12(16)18)17-13(19)9-3-2-4-10(14)6-9/h2-4,6,8,11H,5H2,1H3,(H2,16,18)(H,17,19)/t8-,11+/m1/s1. The zero-order valence-corrected chi connectivity index (χ0v) is 12.0. The van der Waals surface area contributed by atoms with Gasteiger partial charge in [0, 0.05) is 16.0 Å². The Labute approximate surface area is 119 Å². The molecular formula is C13H14BrN3O2. The molecule has 0 saturated heterocycles. The lowest BCUT2D eigenvalue weighted by Crippen LogP contribution is -2.45. The fourth-order valence-electron chi connectivity index (χ4n) is 1.52. The van der Waals surface area contributed by atoms with Crippen molar-refractivity contribution in [2.45, 2.75) is 19.4 Å². The van der Waals surface area contributed by atoms with Crippen molar-refractivity contribution in [1.82, 2.24) is 5.32 Å². The molecule has 0 aromatic heterocycles. The Bertz CT molecular complexity index is 525. The third-order valence-electron chi connectivity index (χ3n) is 2.55. The van der Waals surface area contributed by atoms with Gasteiger partial charge in [0.1, 0.15) is 6.04 Å². The molecule has 1 rings (SSSR count). The van der Waals surface area contributed by atoms with E-state index in [0.29, 0.717) is 5.56 Å². The summed E-state index contributed by atoms with van der Waals surface area (Å²) in [6.45, 7) is 1.67. The molecule has 0 bridgehead atoms. The molecule has 0 spiro atoms. The third kappa shape index (κ3) is 4.72. The van der Waals surface area contributed by atoms with Crippen molar-refractivity contribution in [3.05, 3.63) is 34.3 Å². The number of rotatable bonds is 5. The van der Waals surface area contributed by atoms with Gasteiger partial charge in [0.15, 0.2) is 0 Å². The maximum Gasteiger partial charge on any atom is 0.251 e. The summed E-state index contributed by atoms with van der Waals surface area (Å²) in [6.07, 6.45) is 0.200. The first-order valence-corrected chi connectivity index (χ1v) is 6.48. The molecule has 100 valence electrons. The molecule has 0 aliphatic heterocycles. The summed E-state index contributed by atoms with van der Waals surface area (Å²) >= 11 is 3.26. The monoisotopic (exact) mass is 323 g/mol. The van der Waals surface area contributed by atoms with Crippen molar-refractivity contribution in [3.63, 3.8) is 0 Å². The van der Waals surface area contributed by atoms with Crippen LogP contribution >= 0.6 is 15.9 Å². The zero-order chi connectivity index (χ0) is 14.4. The molecule has 0 aliphatic carbocycles. The summed E-state index contributed by atoms with van der Waals surface area (Å²) in [7, 11) is 0. The molecule has 1 aromatic rings. The Balaban J connectivity index is 2.77. The number of hydrogen-bond acceptors (Lipinski definition) is 3. The minimum absolute atomic E-state index is 0.200. The van der Waals surface area contributed by atoms with Crippen molar-refractivity contribution in [1.29, 1.82) is 5.26 Å². The lowest BCUT2D eigenvalue weighted by atomic mass is 10.0. The summed E-state index contributed by atoms with van der Waals surface area (Å²) in [5, 5.41) is 11.3. The maximum absolute atomic E-state index is 12.0. The molecule has 6 heteroatoms. The highest BCUT2D eigenvalue weighted by Crippen LogP contribution is 2.12. The van der Waals surface area contributed by atoms with Crippen LogP contribution in [-0.2, 0) is 4.79 Å². The average molecular weight is 324 g/mol. The number of carbonyl (C=O) groups is 2. The fourth-order valence-corrected chi connectivity index (χ4v) is 1.92. The Morgan fingerprint density at radius 3 is 2.74 bits per heavy atom. The summed E-state index contributed by atoms with van der Waals surface area (Å²) in [5.74, 6) is -1.40. The SMILES string of the molecule is C[C@@H](C#N)C[C@H](NC(=O)c1cccc(Br)c1)C(N)=O. The number of amides is 2. The number of primary amides is 1. The first-order chi connectivity index (χ1) is 8.93. The summed E-state index contributed by atoms with van der Waals surface area (Å²) in [6, 6.07) is 7.94. The van der Waals surface area contributed by atoms with Crippen LogP contribution < -0.4 is 11.1 Å². The van der Waals surface area contributed by atoms with Crippen LogP contribution in [0.4, 0.5) is 0 Å². The van der Waals surface area contributed by atoms with E-state index in [4.69, 9.17) is 11.0 Å². The second-order valence-electron chi connectivity index (χ2n) is 4.20. The van der Waals surface area contributed by atoms with E-state index in [9.17, 15) is 9.59 Å². The number of hydrogen-bond donors (Lipinski definition) is 2. The van der Waals surface area contributed by atoms with Gasteiger partial charge >= 0.3 is 0 Å². The first-order valence-electron chi connectivity index (χ1n) is 5.69. The second kappa shape index (κ2) is 6.90. The van der Waals surface area contributed by atoms with E-state index in [2.05, 4.69) is 21.2 Å². The molecule has 2 amide bonds. The van der Waals surface area contributed by atoms with Crippen molar-refractivity contribution >= 4 is 27.7 Å². The van der Waals surface area contributed by atoms with Crippen molar-refractivity contribution in [3.8, 4) is 6.07 Å². The molecule has 0 fully saturated rings. The van der Waals surface area contributed by atoms with Crippen LogP contribution in [0, 0.1) is 17.2 Å². The lowest BCUT2D eigenvalue weighted by Gasteiger charge is -2.16. The van der Waals surface area contributed by atoms with Gasteiger partial charge in [-0.05, 0) is 31.5 Å². The zero-order valence-electron chi connectivity index (χ0n) is 10.4. The quantitative estimate of drug-likeness (QED) is 0.861. The largest absolute Gasteiger partial charge is 0.368 e. The highest BCUT2D eigenvalue weighted by molar-refractivity contribution is 9.10. The third-order valence-corrected chi connectivity index (χ3v) is 3.04. The topological polar surface area (TPSA) is 96.0 Å². The summed E-state index contributed by atoms with van der Waals surface area (Å²) < 4.78 is 0.765. The number of nitrogens with zero attached hydrogens (tertiary/aromatic N) is 1. The summed E-state index contributed by atoms with van der Waals surface area (Å²) in [5.41, 5.74) is 5.65. The molecule has 3 N–H and O–H groups in total. The molecule has 0 unspecified atom stereocenters. The maximum atomic E-state index is 12.0. The Morgan fingerprint density at radius 1 is 1.53 bits per heavy atom. The molecule has 1 aromatic carbocycles. The molecular weight excluding hydrogens is 310 g/mol. The second-order valence-corrected chi connectivity index (χ2v) is 5.12. The van der Waals surface area contributed by atoms with E-state index in [0.717, 1.165) is 4.47 Å². The number of halogens is 1. The van der Waals surface area contributed by atoms with Gasteiger partial charge in [-0.3, -0.25) is 9.59 Å². The molecule has 2 atom stereocenters. The minimum Gasteiger partial charge on any atom is -0.368 e.